The van der Waals surface area contributed by atoms with E-state index in [4.69, 9.17) is 4.52 Å². The van der Waals surface area contributed by atoms with Gasteiger partial charge in [0.1, 0.15) is 0 Å². The molecule has 84 valence electrons. The van der Waals surface area contributed by atoms with Gasteiger partial charge in [-0.3, -0.25) is 4.90 Å². The molecule has 0 aliphatic carbocycles. The fourth-order valence-electron chi connectivity index (χ4n) is 2.16. The summed E-state index contributed by atoms with van der Waals surface area (Å²) in [4.78, 5) is 6.56. The number of hydrogen-bond donors (Lipinski definition) is 1. The van der Waals surface area contributed by atoms with E-state index in [0.717, 1.165) is 19.6 Å². The molecule has 0 saturated carbocycles. The largest absolute Gasteiger partial charge is 0.338 e. The minimum Gasteiger partial charge on any atom is -0.338 e. The number of aryl methyl sites for hydroxylation is 1. The lowest BCUT2D eigenvalue weighted by Crippen LogP contribution is -2.53. The Labute approximate surface area is 89.8 Å². The number of hydrogen-bond acceptors (Lipinski definition) is 5. The molecule has 1 saturated heterocycles. The molecule has 2 heterocycles. The van der Waals surface area contributed by atoms with Crippen LogP contribution in [0.25, 0.3) is 0 Å². The van der Waals surface area contributed by atoms with E-state index >= 15 is 0 Å². The Hall–Kier alpha value is -0.940. The van der Waals surface area contributed by atoms with E-state index in [2.05, 4.69) is 34.2 Å². The van der Waals surface area contributed by atoms with Gasteiger partial charge in [-0.2, -0.15) is 4.98 Å². The molecule has 0 aromatic carbocycles. The predicted octanol–water partition coefficient (Wildman–Crippen LogP) is 0.560. The van der Waals surface area contributed by atoms with Crippen LogP contribution in [0.4, 0.5) is 0 Å². The van der Waals surface area contributed by atoms with E-state index < -0.39 is 0 Å². The van der Waals surface area contributed by atoms with Gasteiger partial charge in [0.2, 0.25) is 5.89 Å². The highest BCUT2D eigenvalue weighted by Gasteiger charge is 2.22. The summed E-state index contributed by atoms with van der Waals surface area (Å²) in [6.07, 6.45) is 0. The van der Waals surface area contributed by atoms with Gasteiger partial charge in [-0.15, -0.1) is 0 Å². The molecule has 2 unspecified atom stereocenters. The highest BCUT2D eigenvalue weighted by Crippen LogP contribution is 2.08. The second-order valence-electron chi connectivity index (χ2n) is 4.40. The fourth-order valence-corrected chi connectivity index (χ4v) is 2.16. The first-order chi connectivity index (χ1) is 7.13. The van der Waals surface area contributed by atoms with Gasteiger partial charge in [0, 0.05) is 25.2 Å². The third-order valence-electron chi connectivity index (χ3n) is 2.56. The molecule has 5 heteroatoms. The third-order valence-corrected chi connectivity index (χ3v) is 2.56. The van der Waals surface area contributed by atoms with E-state index in [-0.39, 0.29) is 0 Å². The van der Waals surface area contributed by atoms with Crippen LogP contribution in [0, 0.1) is 6.92 Å². The van der Waals surface area contributed by atoms with Crippen molar-refractivity contribution in [3.8, 4) is 0 Å². The summed E-state index contributed by atoms with van der Waals surface area (Å²) in [7, 11) is 0. The van der Waals surface area contributed by atoms with Crippen LogP contribution in [0.5, 0.6) is 0 Å². The van der Waals surface area contributed by atoms with E-state index in [1.165, 1.54) is 0 Å². The van der Waals surface area contributed by atoms with Gasteiger partial charge in [0.15, 0.2) is 5.82 Å². The maximum atomic E-state index is 5.11. The lowest BCUT2D eigenvalue weighted by Gasteiger charge is -2.35. The van der Waals surface area contributed by atoms with Gasteiger partial charge in [-0.05, 0) is 20.8 Å². The normalized spacial score (nSPS) is 28.2. The van der Waals surface area contributed by atoms with Gasteiger partial charge in [0.05, 0.1) is 6.54 Å². The summed E-state index contributed by atoms with van der Waals surface area (Å²) in [5.41, 5.74) is 0. The van der Waals surface area contributed by atoms with Crippen molar-refractivity contribution in [2.45, 2.75) is 39.4 Å². The second-order valence-corrected chi connectivity index (χ2v) is 4.40. The van der Waals surface area contributed by atoms with Crippen LogP contribution in [0.15, 0.2) is 4.52 Å². The summed E-state index contributed by atoms with van der Waals surface area (Å²) < 4.78 is 5.11. The second kappa shape index (κ2) is 4.28. The molecule has 0 bridgehead atoms. The van der Waals surface area contributed by atoms with Crippen molar-refractivity contribution in [1.82, 2.24) is 20.4 Å². The average molecular weight is 210 g/mol. The summed E-state index contributed by atoms with van der Waals surface area (Å²) in [6, 6.07) is 1.05. The van der Waals surface area contributed by atoms with E-state index in [1.54, 1.807) is 0 Å². The quantitative estimate of drug-likeness (QED) is 0.773. The van der Waals surface area contributed by atoms with Gasteiger partial charge in [0.25, 0.3) is 0 Å². The molecule has 2 atom stereocenters. The molecule has 15 heavy (non-hydrogen) atoms. The topological polar surface area (TPSA) is 54.2 Å². The monoisotopic (exact) mass is 210 g/mol. The number of rotatable bonds is 2. The van der Waals surface area contributed by atoms with Crippen LogP contribution < -0.4 is 5.32 Å². The number of nitrogens with one attached hydrogen (secondary N) is 1. The highest BCUT2D eigenvalue weighted by molar-refractivity contribution is 4.87. The maximum absolute atomic E-state index is 5.11. The Morgan fingerprint density at radius 1 is 1.40 bits per heavy atom. The molecule has 5 nitrogen and oxygen atoms in total. The zero-order valence-electron chi connectivity index (χ0n) is 9.53. The van der Waals surface area contributed by atoms with Crippen molar-refractivity contribution in [3.63, 3.8) is 0 Å². The molecular formula is C10H18N4O. The Bertz CT molecular complexity index is 315. The molecule has 0 radical (unpaired) electrons. The molecule has 1 aliphatic heterocycles. The Morgan fingerprint density at radius 2 is 2.07 bits per heavy atom. The average Bonchev–Trinajstić information content (AvgIpc) is 2.49. The smallest absolute Gasteiger partial charge is 0.240 e. The van der Waals surface area contributed by atoms with Crippen molar-refractivity contribution in [3.05, 3.63) is 11.7 Å². The summed E-state index contributed by atoms with van der Waals surface area (Å²) >= 11 is 0. The lowest BCUT2D eigenvalue weighted by molar-refractivity contribution is 0.149. The molecule has 1 fully saturated rings. The van der Waals surface area contributed by atoms with Crippen LogP contribution in [0.1, 0.15) is 25.6 Å². The van der Waals surface area contributed by atoms with Crippen LogP contribution in [0.3, 0.4) is 0 Å². The first kappa shape index (κ1) is 10.6. The first-order valence-electron chi connectivity index (χ1n) is 5.41. The number of piperazine rings is 1. The standard InChI is InChI=1S/C10H18N4O/c1-7-4-14(5-8(2)11-7)6-10-12-9(3)13-15-10/h7-8,11H,4-6H2,1-3H3. The van der Waals surface area contributed by atoms with Crippen LogP contribution in [-0.4, -0.2) is 40.2 Å². The van der Waals surface area contributed by atoms with Gasteiger partial charge in [-0.25, -0.2) is 0 Å². The Morgan fingerprint density at radius 3 is 2.60 bits per heavy atom. The van der Waals surface area contributed by atoms with Crippen molar-refractivity contribution in [2.24, 2.45) is 0 Å². The zero-order valence-corrected chi connectivity index (χ0v) is 9.53. The molecule has 1 aromatic rings. The Balaban J connectivity index is 1.94. The minimum atomic E-state index is 0.526. The maximum Gasteiger partial charge on any atom is 0.240 e. The number of nitrogens with zero attached hydrogens (tertiary/aromatic N) is 3. The van der Waals surface area contributed by atoms with Gasteiger partial charge < -0.3 is 9.84 Å². The zero-order chi connectivity index (χ0) is 10.8. The van der Waals surface area contributed by atoms with Crippen molar-refractivity contribution < 1.29 is 4.52 Å². The van der Waals surface area contributed by atoms with Gasteiger partial charge >= 0.3 is 0 Å². The van der Waals surface area contributed by atoms with Crippen molar-refractivity contribution in [1.29, 1.82) is 0 Å². The number of aromatic nitrogens is 2. The Kier molecular flexibility index (Phi) is 3.02. The molecule has 0 amide bonds. The minimum absolute atomic E-state index is 0.526. The predicted molar refractivity (Wildman–Crippen MR) is 56.4 cm³/mol. The van der Waals surface area contributed by atoms with Crippen LogP contribution in [-0.2, 0) is 6.54 Å². The van der Waals surface area contributed by atoms with Crippen molar-refractivity contribution >= 4 is 0 Å². The third kappa shape index (κ3) is 2.76. The molecule has 2 rings (SSSR count). The lowest BCUT2D eigenvalue weighted by atomic mass is 10.1. The highest BCUT2D eigenvalue weighted by atomic mass is 16.5. The summed E-state index contributed by atoms with van der Waals surface area (Å²) in [5, 5.41) is 7.28. The van der Waals surface area contributed by atoms with Crippen molar-refractivity contribution in [2.75, 3.05) is 13.1 Å². The van der Waals surface area contributed by atoms with E-state index in [0.29, 0.717) is 23.8 Å². The van der Waals surface area contributed by atoms with Crippen LogP contribution in [0.2, 0.25) is 0 Å². The van der Waals surface area contributed by atoms with Gasteiger partial charge in [-0.1, -0.05) is 5.16 Å². The molecule has 1 aromatic heterocycles. The summed E-state index contributed by atoms with van der Waals surface area (Å²) in [6.45, 7) is 9.06. The van der Waals surface area contributed by atoms with E-state index in [1.807, 2.05) is 6.92 Å². The SMILES string of the molecule is Cc1noc(CN2CC(C)NC(C)C2)n1. The molecular weight excluding hydrogens is 192 g/mol. The molecule has 1 aliphatic rings. The van der Waals surface area contributed by atoms with E-state index in [9.17, 15) is 0 Å². The summed E-state index contributed by atoms with van der Waals surface area (Å²) in [5.74, 6) is 1.43. The first-order valence-corrected chi connectivity index (χ1v) is 5.41. The molecule has 1 N–H and O–H groups in total. The molecule has 0 spiro atoms. The van der Waals surface area contributed by atoms with Crippen LogP contribution >= 0.6 is 0 Å². The fraction of sp³-hybridized carbons (Fsp3) is 0.800.